The van der Waals surface area contributed by atoms with Crippen molar-refractivity contribution < 1.29 is 14.7 Å². The van der Waals surface area contributed by atoms with Gasteiger partial charge in [-0.15, -0.1) is 23.7 Å². The molecule has 0 unspecified atom stereocenters. The predicted molar refractivity (Wildman–Crippen MR) is 67.4 cm³/mol. The zero-order valence-corrected chi connectivity index (χ0v) is 10.5. The molecule has 1 heterocycles. The third kappa shape index (κ3) is 3.08. The van der Waals surface area contributed by atoms with Crippen molar-refractivity contribution in [1.82, 2.24) is 0 Å². The number of nitrogens with one attached hydrogen (secondary N) is 1. The molecular weight excluding hydrogens is 238 g/mol. The molecule has 0 fully saturated rings. The highest BCUT2D eigenvalue weighted by Crippen LogP contribution is 2.32. The number of anilines is 1. The Balaban J connectivity index is 2.92. The Labute approximate surface area is 104 Å². The minimum Gasteiger partial charge on any atom is -0.478 e. The Morgan fingerprint density at radius 1 is 1.47 bits per heavy atom. The summed E-state index contributed by atoms with van der Waals surface area (Å²) in [7, 11) is 0. The first-order valence-corrected chi connectivity index (χ1v) is 5.85. The SMILES string of the molecule is C#CCCC(=O)Nc1sc(C)c(C)c1C(=O)O. The standard InChI is InChI=1S/C12H13NO3S/c1-4-5-6-9(14)13-11-10(12(15)16)7(2)8(3)17-11/h1H,5-6H2,2-3H3,(H,13,14)(H,15,16). The number of carbonyl (C=O) groups excluding carboxylic acids is 1. The number of aromatic carboxylic acids is 1. The van der Waals surface area contributed by atoms with Crippen molar-refractivity contribution in [2.75, 3.05) is 5.32 Å². The Kier molecular flexibility index (Phi) is 4.30. The third-order valence-electron chi connectivity index (χ3n) is 2.35. The van der Waals surface area contributed by atoms with Crippen molar-refractivity contribution in [1.29, 1.82) is 0 Å². The van der Waals surface area contributed by atoms with Crippen LogP contribution in [0.4, 0.5) is 5.00 Å². The van der Waals surface area contributed by atoms with E-state index in [1.807, 2.05) is 6.92 Å². The molecule has 1 rings (SSSR count). The van der Waals surface area contributed by atoms with Gasteiger partial charge in [0.2, 0.25) is 5.91 Å². The zero-order chi connectivity index (χ0) is 13.0. The summed E-state index contributed by atoms with van der Waals surface area (Å²) in [5.74, 6) is 1.08. The second-order valence-electron chi connectivity index (χ2n) is 3.54. The average Bonchev–Trinajstić information content (AvgIpc) is 2.51. The highest BCUT2D eigenvalue weighted by molar-refractivity contribution is 7.16. The van der Waals surface area contributed by atoms with Gasteiger partial charge in [-0.2, -0.15) is 0 Å². The van der Waals surface area contributed by atoms with E-state index in [1.165, 1.54) is 11.3 Å². The van der Waals surface area contributed by atoms with Crippen molar-refractivity contribution in [2.45, 2.75) is 26.7 Å². The van der Waals surface area contributed by atoms with E-state index in [2.05, 4.69) is 11.2 Å². The number of carbonyl (C=O) groups is 2. The van der Waals surface area contributed by atoms with E-state index in [1.54, 1.807) is 6.92 Å². The van der Waals surface area contributed by atoms with Crippen LogP contribution >= 0.6 is 11.3 Å². The van der Waals surface area contributed by atoms with Crippen LogP contribution in [0.1, 0.15) is 33.6 Å². The lowest BCUT2D eigenvalue weighted by molar-refractivity contribution is -0.116. The molecule has 90 valence electrons. The van der Waals surface area contributed by atoms with Crippen LogP contribution in [-0.2, 0) is 4.79 Å². The molecule has 0 atom stereocenters. The molecule has 0 radical (unpaired) electrons. The summed E-state index contributed by atoms with van der Waals surface area (Å²) in [6.45, 7) is 3.55. The lowest BCUT2D eigenvalue weighted by Crippen LogP contribution is -2.12. The molecule has 0 aromatic carbocycles. The van der Waals surface area contributed by atoms with E-state index < -0.39 is 5.97 Å². The molecule has 0 spiro atoms. The van der Waals surface area contributed by atoms with Crippen LogP contribution in [-0.4, -0.2) is 17.0 Å². The average molecular weight is 251 g/mol. The summed E-state index contributed by atoms with van der Waals surface area (Å²) < 4.78 is 0. The van der Waals surface area contributed by atoms with Gasteiger partial charge in [-0.1, -0.05) is 0 Å². The van der Waals surface area contributed by atoms with Crippen LogP contribution in [0.3, 0.4) is 0 Å². The number of hydrogen-bond donors (Lipinski definition) is 2. The van der Waals surface area contributed by atoms with Gasteiger partial charge < -0.3 is 10.4 Å². The van der Waals surface area contributed by atoms with Gasteiger partial charge in [-0.05, 0) is 19.4 Å². The van der Waals surface area contributed by atoms with Gasteiger partial charge in [0.1, 0.15) is 5.00 Å². The second-order valence-corrected chi connectivity index (χ2v) is 4.77. The number of hydrogen-bond acceptors (Lipinski definition) is 3. The topological polar surface area (TPSA) is 66.4 Å². The van der Waals surface area contributed by atoms with E-state index >= 15 is 0 Å². The van der Waals surface area contributed by atoms with Crippen molar-refractivity contribution in [3.8, 4) is 12.3 Å². The molecule has 0 saturated heterocycles. The molecule has 0 aliphatic rings. The highest BCUT2D eigenvalue weighted by atomic mass is 32.1. The van der Waals surface area contributed by atoms with Gasteiger partial charge in [0.15, 0.2) is 0 Å². The van der Waals surface area contributed by atoms with Crippen LogP contribution < -0.4 is 5.32 Å². The molecule has 0 bridgehead atoms. The number of rotatable bonds is 4. The van der Waals surface area contributed by atoms with E-state index in [9.17, 15) is 9.59 Å². The van der Waals surface area contributed by atoms with Crippen LogP contribution in [0.5, 0.6) is 0 Å². The molecule has 0 aliphatic carbocycles. The van der Waals surface area contributed by atoms with Crippen LogP contribution in [0, 0.1) is 26.2 Å². The maximum atomic E-state index is 11.5. The van der Waals surface area contributed by atoms with Gasteiger partial charge in [-0.3, -0.25) is 4.79 Å². The number of carboxylic acids is 1. The summed E-state index contributed by atoms with van der Waals surface area (Å²) in [6.07, 6.45) is 5.60. The number of thiophene rings is 1. The Bertz CT molecular complexity index is 497. The zero-order valence-electron chi connectivity index (χ0n) is 9.66. The number of amides is 1. The molecule has 2 N–H and O–H groups in total. The summed E-state index contributed by atoms with van der Waals surface area (Å²) in [4.78, 5) is 23.4. The molecule has 17 heavy (non-hydrogen) atoms. The predicted octanol–water partition coefficient (Wildman–Crippen LogP) is 2.42. The summed E-state index contributed by atoms with van der Waals surface area (Å²) in [5, 5.41) is 12.0. The molecule has 0 saturated carbocycles. The monoisotopic (exact) mass is 251 g/mol. The van der Waals surface area contributed by atoms with E-state index in [0.717, 1.165) is 4.88 Å². The molecule has 1 aromatic heterocycles. The Morgan fingerprint density at radius 3 is 2.65 bits per heavy atom. The largest absolute Gasteiger partial charge is 0.478 e. The molecule has 0 aliphatic heterocycles. The minimum absolute atomic E-state index is 0.168. The van der Waals surface area contributed by atoms with Gasteiger partial charge >= 0.3 is 5.97 Å². The maximum Gasteiger partial charge on any atom is 0.338 e. The van der Waals surface area contributed by atoms with Crippen molar-refractivity contribution in [3.63, 3.8) is 0 Å². The first-order valence-electron chi connectivity index (χ1n) is 5.04. The quantitative estimate of drug-likeness (QED) is 0.807. The fourth-order valence-corrected chi connectivity index (χ4v) is 2.42. The molecule has 1 aromatic rings. The van der Waals surface area contributed by atoms with Crippen molar-refractivity contribution >= 4 is 28.2 Å². The third-order valence-corrected chi connectivity index (χ3v) is 3.47. The van der Waals surface area contributed by atoms with Gasteiger partial charge in [0, 0.05) is 17.7 Å². The molecule has 4 nitrogen and oxygen atoms in total. The van der Waals surface area contributed by atoms with E-state index in [0.29, 0.717) is 17.0 Å². The number of terminal acetylenes is 1. The second kappa shape index (κ2) is 5.51. The molecule has 5 heteroatoms. The molecule has 1 amide bonds. The van der Waals surface area contributed by atoms with Crippen molar-refractivity contribution in [3.05, 3.63) is 16.0 Å². The van der Waals surface area contributed by atoms with Crippen molar-refractivity contribution in [2.24, 2.45) is 0 Å². The lowest BCUT2D eigenvalue weighted by Gasteiger charge is -2.02. The van der Waals surface area contributed by atoms with Gasteiger partial charge in [0.25, 0.3) is 0 Å². The van der Waals surface area contributed by atoms with E-state index in [4.69, 9.17) is 11.5 Å². The minimum atomic E-state index is -1.03. The van der Waals surface area contributed by atoms with Gasteiger partial charge in [0.05, 0.1) is 5.56 Å². The molecular formula is C12H13NO3S. The Morgan fingerprint density at radius 2 is 2.12 bits per heavy atom. The van der Waals surface area contributed by atoms with Crippen LogP contribution in [0.2, 0.25) is 0 Å². The van der Waals surface area contributed by atoms with Crippen LogP contribution in [0.25, 0.3) is 0 Å². The Hall–Kier alpha value is -1.80. The fourth-order valence-electron chi connectivity index (χ4n) is 1.35. The normalized spacial score (nSPS) is 9.71. The number of aryl methyl sites for hydroxylation is 1. The maximum absolute atomic E-state index is 11.5. The fraction of sp³-hybridized carbons (Fsp3) is 0.333. The smallest absolute Gasteiger partial charge is 0.338 e. The summed E-state index contributed by atoms with van der Waals surface area (Å²) in [6, 6.07) is 0. The van der Waals surface area contributed by atoms with Gasteiger partial charge in [-0.25, -0.2) is 4.79 Å². The lowest BCUT2D eigenvalue weighted by atomic mass is 10.1. The van der Waals surface area contributed by atoms with Crippen LogP contribution in [0.15, 0.2) is 0 Å². The summed E-state index contributed by atoms with van der Waals surface area (Å²) >= 11 is 1.27. The highest BCUT2D eigenvalue weighted by Gasteiger charge is 2.19. The first-order chi connectivity index (χ1) is 7.97. The summed E-state index contributed by atoms with van der Waals surface area (Å²) in [5.41, 5.74) is 0.858. The van der Waals surface area contributed by atoms with E-state index in [-0.39, 0.29) is 17.9 Å². The first kappa shape index (κ1) is 13.3. The number of carboxylic acid groups (broad SMARTS) is 1.